The first-order valence-electron chi connectivity index (χ1n) is 9.81. The third kappa shape index (κ3) is 1.99. The van der Waals surface area contributed by atoms with Gasteiger partial charge in [0.2, 0.25) is 11.2 Å². The minimum atomic E-state index is 0.0199. The monoisotopic (exact) mass is 364 g/mol. The Kier molecular flexibility index (Phi) is 2.94. The van der Waals surface area contributed by atoms with E-state index < -0.39 is 0 Å². The van der Waals surface area contributed by atoms with Crippen LogP contribution >= 0.6 is 0 Å². The molecule has 1 aliphatic rings. The summed E-state index contributed by atoms with van der Waals surface area (Å²) in [5, 5.41) is 20.2. The fraction of sp³-hybridized carbons (Fsp3) is 0.200. The SMILES string of the molecule is CC1(C)Cc2nc3ccc4ccccc4c3c3c2c([n+]([O-])c2ccccc32)C1. The molecule has 0 radical (unpaired) electrons. The zero-order chi connectivity index (χ0) is 19.0. The molecule has 6 rings (SSSR count). The predicted molar refractivity (Wildman–Crippen MR) is 114 cm³/mol. The van der Waals surface area contributed by atoms with Gasteiger partial charge in [-0.2, -0.15) is 4.73 Å². The molecule has 1 aliphatic carbocycles. The van der Waals surface area contributed by atoms with Crippen LogP contribution in [0.15, 0.2) is 60.7 Å². The zero-order valence-electron chi connectivity index (χ0n) is 16.0. The van der Waals surface area contributed by atoms with Crippen molar-refractivity contribution in [2.75, 3.05) is 0 Å². The van der Waals surface area contributed by atoms with Gasteiger partial charge in [-0.1, -0.05) is 56.3 Å². The van der Waals surface area contributed by atoms with E-state index in [1.54, 1.807) is 0 Å². The molecular formula is C25H20N2O. The molecule has 2 heterocycles. The van der Waals surface area contributed by atoms with Crippen LogP contribution < -0.4 is 4.73 Å². The van der Waals surface area contributed by atoms with Crippen LogP contribution in [0.3, 0.4) is 0 Å². The van der Waals surface area contributed by atoms with E-state index in [2.05, 4.69) is 56.3 Å². The van der Waals surface area contributed by atoms with E-state index in [0.717, 1.165) is 56.2 Å². The van der Waals surface area contributed by atoms with Gasteiger partial charge >= 0.3 is 0 Å². The van der Waals surface area contributed by atoms with Crippen molar-refractivity contribution >= 4 is 43.4 Å². The predicted octanol–water partition coefficient (Wildman–Crippen LogP) is 5.45. The Morgan fingerprint density at radius 2 is 1.57 bits per heavy atom. The molecule has 0 saturated carbocycles. The number of fused-ring (bicyclic) bond motifs is 6. The number of benzene rings is 3. The number of aromatic nitrogens is 2. The van der Waals surface area contributed by atoms with Crippen LogP contribution in [0.1, 0.15) is 25.2 Å². The van der Waals surface area contributed by atoms with E-state index in [0.29, 0.717) is 0 Å². The topological polar surface area (TPSA) is 39.8 Å². The maximum absolute atomic E-state index is 13.3. The van der Waals surface area contributed by atoms with E-state index in [4.69, 9.17) is 4.98 Å². The fourth-order valence-corrected chi connectivity index (χ4v) is 5.03. The zero-order valence-corrected chi connectivity index (χ0v) is 16.0. The number of hydrogen-bond acceptors (Lipinski definition) is 2. The number of pyridine rings is 2. The fourth-order valence-electron chi connectivity index (χ4n) is 5.03. The summed E-state index contributed by atoms with van der Waals surface area (Å²) in [7, 11) is 0. The number of nitrogens with zero attached hydrogens (tertiary/aromatic N) is 2. The van der Waals surface area contributed by atoms with Crippen LogP contribution in [0, 0.1) is 10.6 Å². The summed E-state index contributed by atoms with van der Waals surface area (Å²) in [4.78, 5) is 5.08. The molecule has 28 heavy (non-hydrogen) atoms. The van der Waals surface area contributed by atoms with Crippen LogP contribution in [0.25, 0.3) is 43.4 Å². The minimum absolute atomic E-state index is 0.0199. The molecule has 136 valence electrons. The van der Waals surface area contributed by atoms with E-state index >= 15 is 0 Å². The maximum atomic E-state index is 13.3. The van der Waals surface area contributed by atoms with Crippen molar-refractivity contribution in [3.8, 4) is 0 Å². The van der Waals surface area contributed by atoms with Crippen LogP contribution in [0.2, 0.25) is 0 Å². The molecule has 3 heteroatoms. The highest BCUT2D eigenvalue weighted by molar-refractivity contribution is 6.26. The van der Waals surface area contributed by atoms with Crippen molar-refractivity contribution in [1.29, 1.82) is 0 Å². The quantitative estimate of drug-likeness (QED) is 0.208. The maximum Gasteiger partial charge on any atom is 0.224 e. The highest BCUT2D eigenvalue weighted by atomic mass is 16.5. The molecule has 2 aromatic heterocycles. The molecule has 0 fully saturated rings. The van der Waals surface area contributed by atoms with Crippen LogP contribution in [0.5, 0.6) is 0 Å². The van der Waals surface area contributed by atoms with E-state index in [1.165, 1.54) is 16.2 Å². The second kappa shape index (κ2) is 5.20. The molecule has 0 bridgehead atoms. The van der Waals surface area contributed by atoms with Gasteiger partial charge in [0.05, 0.1) is 22.0 Å². The minimum Gasteiger partial charge on any atom is -0.618 e. The lowest BCUT2D eigenvalue weighted by Crippen LogP contribution is -2.39. The van der Waals surface area contributed by atoms with Gasteiger partial charge in [0.15, 0.2) is 0 Å². The van der Waals surface area contributed by atoms with Crippen molar-refractivity contribution in [2.24, 2.45) is 5.41 Å². The molecule has 0 amide bonds. The summed E-state index contributed by atoms with van der Waals surface area (Å²) in [5.74, 6) is 0. The van der Waals surface area contributed by atoms with Gasteiger partial charge in [-0.05, 0) is 34.7 Å². The molecule has 0 aliphatic heterocycles. The summed E-state index contributed by atoms with van der Waals surface area (Å²) in [5.41, 5.74) is 3.70. The third-order valence-electron chi connectivity index (χ3n) is 6.17. The van der Waals surface area contributed by atoms with Crippen molar-refractivity contribution in [3.63, 3.8) is 0 Å². The van der Waals surface area contributed by atoms with Gasteiger partial charge in [0.1, 0.15) is 0 Å². The lowest BCUT2D eigenvalue weighted by atomic mass is 9.76. The first kappa shape index (κ1) is 15.8. The van der Waals surface area contributed by atoms with Crippen molar-refractivity contribution in [1.82, 2.24) is 4.98 Å². The Balaban J connectivity index is 1.99. The van der Waals surface area contributed by atoms with Gasteiger partial charge in [-0.15, -0.1) is 0 Å². The Hall–Kier alpha value is -3.20. The molecule has 5 aromatic rings. The molecule has 0 unspecified atom stereocenters. The lowest BCUT2D eigenvalue weighted by molar-refractivity contribution is -0.585. The van der Waals surface area contributed by atoms with E-state index in [1.807, 2.05) is 18.2 Å². The summed E-state index contributed by atoms with van der Waals surface area (Å²) < 4.78 is 1.15. The highest BCUT2D eigenvalue weighted by Gasteiger charge is 2.35. The van der Waals surface area contributed by atoms with Gasteiger partial charge in [-0.3, -0.25) is 4.98 Å². The summed E-state index contributed by atoms with van der Waals surface area (Å²) in [6.07, 6.45) is 1.65. The molecule has 0 N–H and O–H groups in total. The van der Waals surface area contributed by atoms with Crippen LogP contribution in [-0.4, -0.2) is 4.98 Å². The summed E-state index contributed by atoms with van der Waals surface area (Å²) in [6, 6.07) is 20.7. The molecule has 0 saturated heterocycles. The Bertz CT molecular complexity index is 1450. The van der Waals surface area contributed by atoms with Gasteiger partial charge in [0, 0.05) is 23.3 Å². The second-order valence-corrected chi connectivity index (χ2v) is 8.77. The highest BCUT2D eigenvalue weighted by Crippen LogP contribution is 2.42. The van der Waals surface area contributed by atoms with Crippen LogP contribution in [-0.2, 0) is 12.8 Å². The first-order chi connectivity index (χ1) is 13.5. The second-order valence-electron chi connectivity index (χ2n) is 8.77. The first-order valence-corrected chi connectivity index (χ1v) is 9.81. The summed E-state index contributed by atoms with van der Waals surface area (Å²) in [6.45, 7) is 4.45. The Morgan fingerprint density at radius 1 is 0.821 bits per heavy atom. The molecule has 3 nitrogen and oxygen atoms in total. The average Bonchev–Trinajstić information content (AvgIpc) is 2.69. The largest absolute Gasteiger partial charge is 0.618 e. The average molecular weight is 364 g/mol. The molecule has 0 spiro atoms. The number of para-hydroxylation sites is 1. The van der Waals surface area contributed by atoms with E-state index in [9.17, 15) is 5.21 Å². The standard InChI is InChI=1S/C25H20N2O/c1-25(2)13-19-24-21(14-25)27(28)20-10-6-5-9-17(20)23(24)22-16-8-4-3-7-15(16)11-12-18(22)26-19/h3-12H,13-14H2,1-2H3. The van der Waals surface area contributed by atoms with Crippen molar-refractivity contribution in [3.05, 3.63) is 77.3 Å². The van der Waals surface area contributed by atoms with Gasteiger partial charge in [0.25, 0.3) is 0 Å². The Labute approximate surface area is 162 Å². The summed E-state index contributed by atoms with van der Waals surface area (Å²) >= 11 is 0. The van der Waals surface area contributed by atoms with Crippen molar-refractivity contribution in [2.45, 2.75) is 26.7 Å². The number of rotatable bonds is 0. The lowest BCUT2D eigenvalue weighted by Gasteiger charge is -2.30. The molecule has 0 atom stereocenters. The van der Waals surface area contributed by atoms with E-state index in [-0.39, 0.29) is 5.41 Å². The smallest absolute Gasteiger partial charge is 0.224 e. The third-order valence-corrected chi connectivity index (χ3v) is 6.17. The van der Waals surface area contributed by atoms with Gasteiger partial charge in [-0.25, -0.2) is 0 Å². The number of hydrogen-bond donors (Lipinski definition) is 0. The molecular weight excluding hydrogens is 344 g/mol. The Morgan fingerprint density at radius 3 is 2.43 bits per heavy atom. The van der Waals surface area contributed by atoms with Crippen LogP contribution in [0.4, 0.5) is 0 Å². The normalized spacial score (nSPS) is 15.6. The van der Waals surface area contributed by atoms with Gasteiger partial charge < -0.3 is 5.21 Å². The van der Waals surface area contributed by atoms with Crippen molar-refractivity contribution < 1.29 is 4.73 Å². The molecule has 3 aromatic carbocycles.